The van der Waals surface area contributed by atoms with Gasteiger partial charge in [-0.2, -0.15) is 0 Å². The third-order valence-corrected chi connectivity index (χ3v) is 2.85. The van der Waals surface area contributed by atoms with Gasteiger partial charge < -0.3 is 10.6 Å². The van der Waals surface area contributed by atoms with Crippen molar-refractivity contribution in [3.63, 3.8) is 0 Å². The zero-order chi connectivity index (χ0) is 9.42. The topological polar surface area (TPSA) is 29.3 Å². The fourth-order valence-corrected chi connectivity index (χ4v) is 1.84. The Hall–Kier alpha value is -0.890. The summed E-state index contributed by atoms with van der Waals surface area (Å²) in [5, 5.41) is 0.703. The molecule has 2 nitrogen and oxygen atoms in total. The van der Waals surface area contributed by atoms with Gasteiger partial charge in [-0.15, -0.1) is 0 Å². The van der Waals surface area contributed by atoms with Crippen molar-refractivity contribution in [2.45, 2.75) is 19.4 Å². The van der Waals surface area contributed by atoms with E-state index in [0.717, 1.165) is 17.9 Å². The Bertz CT molecular complexity index is 325. The summed E-state index contributed by atoms with van der Waals surface area (Å²) in [7, 11) is 0. The molecule has 0 radical (unpaired) electrons. The molecule has 70 valence electrons. The highest BCUT2D eigenvalue weighted by molar-refractivity contribution is 6.31. The van der Waals surface area contributed by atoms with E-state index in [1.807, 2.05) is 18.2 Å². The highest BCUT2D eigenvalue weighted by Gasteiger charge is 2.24. The fraction of sp³-hybridized carbons (Fsp3) is 0.400. The Morgan fingerprint density at radius 2 is 2.31 bits per heavy atom. The molecule has 2 N–H and O–H groups in total. The largest absolute Gasteiger partial charge is 0.397 e. The normalized spacial score (nSPS) is 21.4. The van der Waals surface area contributed by atoms with Crippen LogP contribution in [0.5, 0.6) is 0 Å². The summed E-state index contributed by atoms with van der Waals surface area (Å²) in [4.78, 5) is 2.30. The number of anilines is 2. The average Bonchev–Trinajstić information content (AvgIpc) is 2.07. The van der Waals surface area contributed by atoms with Gasteiger partial charge in [-0.3, -0.25) is 0 Å². The minimum Gasteiger partial charge on any atom is -0.397 e. The number of nitrogens with two attached hydrogens (primary N) is 1. The molecule has 0 bridgehead atoms. The van der Waals surface area contributed by atoms with Crippen molar-refractivity contribution in [1.29, 1.82) is 0 Å². The first kappa shape index (κ1) is 8.70. The fourth-order valence-electron chi connectivity index (χ4n) is 1.66. The summed E-state index contributed by atoms with van der Waals surface area (Å²) in [6, 6.07) is 6.30. The summed E-state index contributed by atoms with van der Waals surface area (Å²) >= 11 is 5.82. The molecule has 1 heterocycles. The maximum absolute atomic E-state index is 5.87. The Labute approximate surface area is 83.3 Å². The average molecular weight is 197 g/mol. The van der Waals surface area contributed by atoms with Gasteiger partial charge in [0.15, 0.2) is 0 Å². The first-order valence-corrected chi connectivity index (χ1v) is 4.88. The van der Waals surface area contributed by atoms with E-state index in [1.54, 1.807) is 0 Å². The Morgan fingerprint density at radius 1 is 1.54 bits per heavy atom. The molecule has 1 unspecified atom stereocenters. The van der Waals surface area contributed by atoms with Crippen LogP contribution in [0.2, 0.25) is 5.02 Å². The maximum Gasteiger partial charge on any atom is 0.0603 e. The minimum absolute atomic E-state index is 0.614. The molecule has 1 aromatic rings. The molecule has 1 atom stereocenters. The Balaban J connectivity index is 2.30. The van der Waals surface area contributed by atoms with Gasteiger partial charge >= 0.3 is 0 Å². The molecule has 13 heavy (non-hydrogen) atoms. The number of halogens is 1. The maximum atomic E-state index is 5.87. The van der Waals surface area contributed by atoms with Crippen molar-refractivity contribution >= 4 is 23.0 Å². The van der Waals surface area contributed by atoms with E-state index in [1.165, 1.54) is 6.42 Å². The molecule has 1 aliphatic rings. The summed E-state index contributed by atoms with van der Waals surface area (Å²) < 4.78 is 0. The second kappa shape index (κ2) is 3.11. The number of nitrogens with zero attached hydrogens (tertiary/aromatic N) is 1. The van der Waals surface area contributed by atoms with Crippen LogP contribution < -0.4 is 10.6 Å². The minimum atomic E-state index is 0.614. The van der Waals surface area contributed by atoms with Gasteiger partial charge in [0.25, 0.3) is 0 Å². The molecule has 0 aromatic heterocycles. The van der Waals surface area contributed by atoms with Crippen molar-refractivity contribution in [1.82, 2.24) is 0 Å². The van der Waals surface area contributed by atoms with E-state index in [2.05, 4.69) is 11.8 Å². The van der Waals surface area contributed by atoms with Crippen LogP contribution in [0.4, 0.5) is 11.4 Å². The first-order chi connectivity index (χ1) is 6.18. The first-order valence-electron chi connectivity index (χ1n) is 4.50. The summed E-state index contributed by atoms with van der Waals surface area (Å²) in [6.07, 6.45) is 1.25. The number of benzene rings is 1. The van der Waals surface area contributed by atoms with Crippen LogP contribution in [-0.2, 0) is 0 Å². The SMILES string of the molecule is CC1CCN1c1ccc(Cl)cc1N. The molecule has 1 fully saturated rings. The van der Waals surface area contributed by atoms with Gasteiger partial charge in [-0.05, 0) is 31.5 Å². The second-order valence-electron chi connectivity index (χ2n) is 3.53. The lowest BCUT2D eigenvalue weighted by Gasteiger charge is -2.41. The van der Waals surface area contributed by atoms with E-state index < -0.39 is 0 Å². The van der Waals surface area contributed by atoms with Crippen LogP contribution >= 0.6 is 11.6 Å². The van der Waals surface area contributed by atoms with Gasteiger partial charge in [0, 0.05) is 17.6 Å². The van der Waals surface area contributed by atoms with Crippen molar-refractivity contribution in [3.8, 4) is 0 Å². The van der Waals surface area contributed by atoms with Gasteiger partial charge in [-0.25, -0.2) is 0 Å². The summed E-state index contributed by atoms with van der Waals surface area (Å²) in [5.41, 5.74) is 7.76. The third-order valence-electron chi connectivity index (χ3n) is 2.62. The van der Waals surface area contributed by atoms with Crippen LogP contribution in [0.3, 0.4) is 0 Å². The van der Waals surface area contributed by atoms with E-state index in [0.29, 0.717) is 11.1 Å². The molecule has 0 spiro atoms. The summed E-state index contributed by atoms with van der Waals surface area (Å²) in [5.74, 6) is 0. The molecular weight excluding hydrogens is 184 g/mol. The molecule has 1 saturated heterocycles. The second-order valence-corrected chi connectivity index (χ2v) is 3.97. The van der Waals surface area contributed by atoms with E-state index in [4.69, 9.17) is 17.3 Å². The quantitative estimate of drug-likeness (QED) is 0.700. The molecule has 0 aliphatic carbocycles. The predicted molar refractivity (Wildman–Crippen MR) is 57.3 cm³/mol. The molecule has 1 aromatic carbocycles. The summed E-state index contributed by atoms with van der Waals surface area (Å²) in [6.45, 7) is 3.31. The van der Waals surface area contributed by atoms with Crippen molar-refractivity contribution in [2.75, 3.05) is 17.2 Å². The predicted octanol–water partition coefficient (Wildman–Crippen LogP) is 2.52. The molecule has 0 saturated carbocycles. The molecule has 1 aliphatic heterocycles. The van der Waals surface area contributed by atoms with Crippen molar-refractivity contribution in [3.05, 3.63) is 23.2 Å². The van der Waals surface area contributed by atoms with Gasteiger partial charge in [0.05, 0.1) is 11.4 Å². The zero-order valence-electron chi connectivity index (χ0n) is 7.63. The number of hydrogen-bond acceptors (Lipinski definition) is 2. The smallest absolute Gasteiger partial charge is 0.0603 e. The zero-order valence-corrected chi connectivity index (χ0v) is 8.38. The number of nitrogen functional groups attached to an aromatic ring is 1. The lowest BCUT2D eigenvalue weighted by atomic mass is 10.0. The van der Waals surface area contributed by atoms with Crippen LogP contribution in [0.1, 0.15) is 13.3 Å². The van der Waals surface area contributed by atoms with Crippen LogP contribution in [-0.4, -0.2) is 12.6 Å². The van der Waals surface area contributed by atoms with Crippen molar-refractivity contribution in [2.24, 2.45) is 0 Å². The van der Waals surface area contributed by atoms with Crippen LogP contribution in [0, 0.1) is 0 Å². The van der Waals surface area contributed by atoms with E-state index >= 15 is 0 Å². The van der Waals surface area contributed by atoms with Crippen molar-refractivity contribution < 1.29 is 0 Å². The Morgan fingerprint density at radius 3 is 2.77 bits per heavy atom. The van der Waals surface area contributed by atoms with E-state index in [-0.39, 0.29) is 0 Å². The van der Waals surface area contributed by atoms with Gasteiger partial charge in [0.1, 0.15) is 0 Å². The van der Waals surface area contributed by atoms with Gasteiger partial charge in [0.2, 0.25) is 0 Å². The lowest BCUT2D eigenvalue weighted by Crippen LogP contribution is -2.46. The lowest BCUT2D eigenvalue weighted by molar-refractivity contribution is 0.482. The highest BCUT2D eigenvalue weighted by atomic mass is 35.5. The standard InChI is InChI=1S/C10H13ClN2/c1-7-4-5-13(7)10-3-2-8(11)6-9(10)12/h2-3,6-7H,4-5,12H2,1H3. The number of rotatable bonds is 1. The van der Waals surface area contributed by atoms with Gasteiger partial charge in [-0.1, -0.05) is 11.6 Å². The molecule has 2 rings (SSSR count). The number of hydrogen-bond donors (Lipinski definition) is 1. The van der Waals surface area contributed by atoms with Crippen LogP contribution in [0.25, 0.3) is 0 Å². The highest BCUT2D eigenvalue weighted by Crippen LogP contribution is 2.32. The molecular formula is C10H13ClN2. The van der Waals surface area contributed by atoms with E-state index in [9.17, 15) is 0 Å². The Kier molecular flexibility index (Phi) is 2.08. The molecule has 3 heteroatoms. The molecule has 0 amide bonds. The monoisotopic (exact) mass is 196 g/mol. The third kappa shape index (κ3) is 1.46. The van der Waals surface area contributed by atoms with Crippen LogP contribution in [0.15, 0.2) is 18.2 Å².